The highest BCUT2D eigenvalue weighted by molar-refractivity contribution is 6.39. The van der Waals surface area contributed by atoms with Crippen LogP contribution in [0, 0.1) is 5.82 Å². The van der Waals surface area contributed by atoms with Crippen molar-refractivity contribution in [2.24, 2.45) is 0 Å². The van der Waals surface area contributed by atoms with Gasteiger partial charge < -0.3 is 20.3 Å². The molecule has 0 aliphatic carbocycles. The number of rotatable bonds is 4. The van der Waals surface area contributed by atoms with Crippen LogP contribution in [0.5, 0.6) is 0 Å². The highest BCUT2D eigenvalue weighted by Crippen LogP contribution is 2.21. The molecule has 146 valence electrons. The first kappa shape index (κ1) is 19.5. The van der Waals surface area contributed by atoms with Gasteiger partial charge in [0.15, 0.2) is 0 Å². The Balaban J connectivity index is 1.49. The van der Waals surface area contributed by atoms with E-state index in [0.29, 0.717) is 19.7 Å². The molecule has 2 aromatic carbocycles. The van der Waals surface area contributed by atoms with Crippen LogP contribution in [0.2, 0.25) is 0 Å². The van der Waals surface area contributed by atoms with Gasteiger partial charge in [0, 0.05) is 12.2 Å². The van der Waals surface area contributed by atoms with Gasteiger partial charge >= 0.3 is 11.8 Å². The molecule has 28 heavy (non-hydrogen) atoms. The van der Waals surface area contributed by atoms with Gasteiger partial charge in [-0.1, -0.05) is 36.4 Å². The molecule has 0 saturated carbocycles. The Morgan fingerprint density at radius 3 is 2.61 bits per heavy atom. The number of hydrogen-bond acceptors (Lipinski definition) is 4. The number of morpholine rings is 1. The summed E-state index contributed by atoms with van der Waals surface area (Å²) in [6.07, 6.45) is -0.231. The van der Waals surface area contributed by atoms with E-state index in [1.54, 1.807) is 4.90 Å². The minimum absolute atomic E-state index is 0.158. The standard InChI is InChI=1S/C20H20FN3O4/c21-15-7-4-8-16(11-15)23-20(27)19(26)22-12-18(25)24-9-10-28-17(13-24)14-5-2-1-3-6-14/h1-8,11,17H,9-10,12-13H2,(H,22,26)(H,23,27). The second kappa shape index (κ2) is 9.09. The normalized spacial score (nSPS) is 16.3. The molecule has 0 aromatic heterocycles. The second-order valence-electron chi connectivity index (χ2n) is 6.26. The van der Waals surface area contributed by atoms with Crippen LogP contribution < -0.4 is 10.6 Å². The molecule has 1 unspecified atom stereocenters. The van der Waals surface area contributed by atoms with Gasteiger partial charge in [0.1, 0.15) is 11.9 Å². The number of ether oxygens (including phenoxy) is 1. The quantitative estimate of drug-likeness (QED) is 0.781. The summed E-state index contributed by atoms with van der Waals surface area (Å²) in [6.45, 7) is 0.859. The first-order valence-electron chi connectivity index (χ1n) is 8.82. The Labute approximate surface area is 161 Å². The molecule has 1 heterocycles. The number of nitrogens with one attached hydrogen (secondary N) is 2. The van der Waals surface area contributed by atoms with Crippen molar-refractivity contribution in [2.45, 2.75) is 6.10 Å². The van der Waals surface area contributed by atoms with Crippen molar-refractivity contribution in [2.75, 3.05) is 31.6 Å². The molecule has 1 aliphatic rings. The molecule has 2 N–H and O–H groups in total. The molecule has 2 aromatic rings. The van der Waals surface area contributed by atoms with Gasteiger partial charge in [0.05, 0.1) is 19.7 Å². The Bertz CT molecular complexity index is 860. The first-order chi connectivity index (χ1) is 13.5. The molecule has 7 nitrogen and oxygen atoms in total. The molecule has 0 spiro atoms. The zero-order chi connectivity index (χ0) is 19.9. The smallest absolute Gasteiger partial charge is 0.313 e. The fourth-order valence-corrected chi connectivity index (χ4v) is 2.85. The third-order valence-electron chi connectivity index (χ3n) is 4.28. The number of benzene rings is 2. The number of nitrogens with zero attached hydrogens (tertiary/aromatic N) is 1. The summed E-state index contributed by atoms with van der Waals surface area (Å²) in [7, 11) is 0. The number of halogens is 1. The number of hydrogen-bond donors (Lipinski definition) is 2. The number of anilines is 1. The summed E-state index contributed by atoms with van der Waals surface area (Å²) in [5.74, 6) is -2.78. The number of carbonyl (C=O) groups excluding carboxylic acids is 3. The summed E-state index contributed by atoms with van der Waals surface area (Å²) in [4.78, 5) is 37.7. The minimum atomic E-state index is -0.970. The lowest BCUT2D eigenvalue weighted by Crippen LogP contribution is -2.48. The highest BCUT2D eigenvalue weighted by Gasteiger charge is 2.26. The lowest BCUT2D eigenvalue weighted by molar-refractivity contribution is -0.141. The molecule has 1 saturated heterocycles. The van der Waals surface area contributed by atoms with E-state index in [1.807, 2.05) is 30.3 Å². The van der Waals surface area contributed by atoms with Gasteiger partial charge in [-0.25, -0.2) is 4.39 Å². The van der Waals surface area contributed by atoms with Crippen LogP contribution in [-0.4, -0.2) is 48.9 Å². The number of carbonyl (C=O) groups is 3. The molecule has 0 radical (unpaired) electrons. The molecule has 3 amide bonds. The van der Waals surface area contributed by atoms with Gasteiger partial charge in [-0.2, -0.15) is 0 Å². The Morgan fingerprint density at radius 2 is 1.86 bits per heavy atom. The van der Waals surface area contributed by atoms with E-state index >= 15 is 0 Å². The fraction of sp³-hybridized carbons (Fsp3) is 0.250. The maximum Gasteiger partial charge on any atom is 0.313 e. The van der Waals surface area contributed by atoms with E-state index < -0.39 is 17.6 Å². The lowest BCUT2D eigenvalue weighted by atomic mass is 10.1. The van der Waals surface area contributed by atoms with E-state index in [4.69, 9.17) is 4.74 Å². The van der Waals surface area contributed by atoms with Crippen molar-refractivity contribution < 1.29 is 23.5 Å². The van der Waals surface area contributed by atoms with E-state index in [0.717, 1.165) is 11.6 Å². The Morgan fingerprint density at radius 1 is 1.07 bits per heavy atom. The molecule has 1 fully saturated rings. The SMILES string of the molecule is O=C(NCC(=O)N1CCOC(c2ccccc2)C1)C(=O)Nc1cccc(F)c1. The van der Waals surface area contributed by atoms with Crippen LogP contribution >= 0.6 is 0 Å². The van der Waals surface area contributed by atoms with Crippen LogP contribution in [0.15, 0.2) is 54.6 Å². The first-order valence-corrected chi connectivity index (χ1v) is 8.82. The van der Waals surface area contributed by atoms with Gasteiger partial charge in [-0.05, 0) is 23.8 Å². The molecular formula is C20H20FN3O4. The monoisotopic (exact) mass is 385 g/mol. The fourth-order valence-electron chi connectivity index (χ4n) is 2.85. The summed E-state index contributed by atoms with van der Waals surface area (Å²) < 4.78 is 18.8. The van der Waals surface area contributed by atoms with E-state index in [1.165, 1.54) is 18.2 Å². The van der Waals surface area contributed by atoms with Crippen LogP contribution in [0.4, 0.5) is 10.1 Å². The third kappa shape index (κ3) is 5.14. The predicted molar refractivity (Wildman–Crippen MR) is 99.8 cm³/mol. The molecule has 0 bridgehead atoms. The highest BCUT2D eigenvalue weighted by atomic mass is 19.1. The number of amides is 3. The van der Waals surface area contributed by atoms with Crippen LogP contribution in [0.3, 0.4) is 0 Å². The molecular weight excluding hydrogens is 365 g/mol. The zero-order valence-electron chi connectivity index (χ0n) is 15.1. The van der Waals surface area contributed by atoms with Crippen molar-refractivity contribution in [3.05, 3.63) is 66.0 Å². The lowest BCUT2D eigenvalue weighted by Gasteiger charge is -2.33. The summed E-state index contributed by atoms with van der Waals surface area (Å²) >= 11 is 0. The topological polar surface area (TPSA) is 87.7 Å². The molecule has 3 rings (SSSR count). The Kier molecular flexibility index (Phi) is 6.33. The maximum atomic E-state index is 13.1. The third-order valence-corrected chi connectivity index (χ3v) is 4.28. The van der Waals surface area contributed by atoms with Crippen molar-refractivity contribution in [3.8, 4) is 0 Å². The van der Waals surface area contributed by atoms with Gasteiger partial charge in [0.25, 0.3) is 0 Å². The Hall–Kier alpha value is -3.26. The average Bonchev–Trinajstić information content (AvgIpc) is 2.72. The summed E-state index contributed by atoms with van der Waals surface area (Å²) in [5.41, 5.74) is 1.13. The van der Waals surface area contributed by atoms with Gasteiger partial charge in [-0.15, -0.1) is 0 Å². The van der Waals surface area contributed by atoms with Gasteiger partial charge in [0.2, 0.25) is 5.91 Å². The van der Waals surface area contributed by atoms with Crippen molar-refractivity contribution in [1.29, 1.82) is 0 Å². The minimum Gasteiger partial charge on any atom is -0.370 e. The molecule has 1 aliphatic heterocycles. The van der Waals surface area contributed by atoms with Gasteiger partial charge in [-0.3, -0.25) is 14.4 Å². The van der Waals surface area contributed by atoms with E-state index in [2.05, 4.69) is 10.6 Å². The van der Waals surface area contributed by atoms with Crippen molar-refractivity contribution in [3.63, 3.8) is 0 Å². The largest absolute Gasteiger partial charge is 0.370 e. The summed E-state index contributed by atoms with van der Waals surface area (Å²) in [6, 6.07) is 14.7. The van der Waals surface area contributed by atoms with Crippen LogP contribution in [0.1, 0.15) is 11.7 Å². The molecule has 8 heteroatoms. The molecule has 1 atom stereocenters. The predicted octanol–water partition coefficient (Wildman–Crippen LogP) is 1.48. The van der Waals surface area contributed by atoms with Crippen LogP contribution in [-0.2, 0) is 19.1 Å². The second-order valence-corrected chi connectivity index (χ2v) is 6.26. The van der Waals surface area contributed by atoms with E-state index in [9.17, 15) is 18.8 Å². The van der Waals surface area contributed by atoms with Crippen molar-refractivity contribution >= 4 is 23.4 Å². The average molecular weight is 385 g/mol. The zero-order valence-corrected chi connectivity index (χ0v) is 15.1. The summed E-state index contributed by atoms with van der Waals surface area (Å²) in [5, 5.41) is 4.57. The maximum absolute atomic E-state index is 13.1. The van der Waals surface area contributed by atoms with Crippen LogP contribution in [0.25, 0.3) is 0 Å². The van der Waals surface area contributed by atoms with Crippen molar-refractivity contribution in [1.82, 2.24) is 10.2 Å². The van der Waals surface area contributed by atoms with E-state index in [-0.39, 0.29) is 24.2 Å².